The van der Waals surface area contributed by atoms with Gasteiger partial charge in [-0.15, -0.1) is 0 Å². The Bertz CT molecular complexity index is 953. The van der Waals surface area contributed by atoms with Gasteiger partial charge in [-0.3, -0.25) is 18.9 Å². The maximum absolute atomic E-state index is 13.7. The summed E-state index contributed by atoms with van der Waals surface area (Å²) in [6.07, 6.45) is 0. The van der Waals surface area contributed by atoms with Gasteiger partial charge in [-0.1, -0.05) is 18.2 Å². The van der Waals surface area contributed by atoms with Gasteiger partial charge in [0.25, 0.3) is 5.56 Å². The van der Waals surface area contributed by atoms with E-state index < -0.39 is 17.1 Å². The molecule has 0 spiro atoms. The van der Waals surface area contributed by atoms with Crippen LogP contribution in [0.25, 0.3) is 11.2 Å². The largest absolute Gasteiger partial charge is 0.369 e. The molecule has 3 rings (SSSR count). The minimum atomic E-state index is -0.603. The van der Waals surface area contributed by atoms with Crippen LogP contribution in [0, 0.1) is 5.82 Å². The van der Waals surface area contributed by atoms with E-state index in [4.69, 9.17) is 5.73 Å². The number of halogens is 1. The minimum Gasteiger partial charge on any atom is -0.369 e. The number of nitrogens with one attached hydrogen (secondary N) is 1. The highest BCUT2D eigenvalue weighted by molar-refractivity contribution is 5.73. The second-order valence-corrected chi connectivity index (χ2v) is 4.64. The number of aryl methyl sites for hydroxylation is 1. The molecule has 0 atom stereocenters. The molecule has 0 saturated carbocycles. The van der Waals surface area contributed by atoms with Crippen LogP contribution in [0.5, 0.6) is 0 Å². The third-order valence-corrected chi connectivity index (χ3v) is 3.32. The number of benzene rings is 1. The number of aromatic nitrogens is 4. The molecule has 7 nitrogen and oxygen atoms in total. The molecule has 0 amide bonds. The van der Waals surface area contributed by atoms with Crippen molar-refractivity contribution in [2.45, 2.75) is 6.54 Å². The highest BCUT2D eigenvalue weighted by atomic mass is 19.1. The molecule has 8 heteroatoms. The zero-order chi connectivity index (χ0) is 15.1. The minimum absolute atomic E-state index is 0.0416. The van der Waals surface area contributed by atoms with Gasteiger partial charge in [-0.05, 0) is 6.07 Å². The van der Waals surface area contributed by atoms with Gasteiger partial charge in [0, 0.05) is 12.6 Å². The smallest absolute Gasteiger partial charge is 0.329 e. The van der Waals surface area contributed by atoms with Crippen LogP contribution < -0.4 is 17.0 Å². The van der Waals surface area contributed by atoms with Crippen molar-refractivity contribution >= 4 is 17.1 Å². The molecule has 0 bridgehead atoms. The van der Waals surface area contributed by atoms with Crippen LogP contribution in [0.3, 0.4) is 0 Å². The third kappa shape index (κ3) is 2.00. The lowest BCUT2D eigenvalue weighted by atomic mass is 10.2. The molecule has 3 aromatic rings. The number of anilines is 1. The fourth-order valence-electron chi connectivity index (χ4n) is 2.21. The maximum Gasteiger partial charge on any atom is 0.329 e. The first-order valence-corrected chi connectivity index (χ1v) is 6.17. The van der Waals surface area contributed by atoms with Crippen molar-refractivity contribution in [3.63, 3.8) is 0 Å². The number of nitrogen functional groups attached to an aromatic ring is 1. The average molecular weight is 289 g/mol. The van der Waals surface area contributed by atoms with Crippen molar-refractivity contribution in [2.24, 2.45) is 7.05 Å². The van der Waals surface area contributed by atoms with E-state index in [1.807, 2.05) is 0 Å². The molecule has 0 radical (unpaired) electrons. The summed E-state index contributed by atoms with van der Waals surface area (Å²) in [7, 11) is 1.47. The van der Waals surface area contributed by atoms with Crippen molar-refractivity contribution in [3.05, 3.63) is 56.5 Å². The standard InChI is InChI=1S/C13H12FN5O2/c1-18-10-9(11(20)17-13(18)21)19(12(15)16-10)6-7-4-2-3-5-8(7)14/h2-5H,6H2,1H3,(H2,15,16)(H,17,20,21). The predicted molar refractivity (Wildman–Crippen MR) is 75.5 cm³/mol. The van der Waals surface area contributed by atoms with Crippen LogP contribution in [0.1, 0.15) is 5.56 Å². The molecule has 0 aliphatic rings. The second kappa shape index (κ2) is 4.58. The molecule has 3 N–H and O–H groups in total. The normalized spacial score (nSPS) is 11.1. The summed E-state index contributed by atoms with van der Waals surface area (Å²) in [6.45, 7) is 0.0519. The lowest BCUT2D eigenvalue weighted by Crippen LogP contribution is -2.29. The molecule has 0 fully saturated rings. The van der Waals surface area contributed by atoms with E-state index in [9.17, 15) is 14.0 Å². The first-order chi connectivity index (χ1) is 9.99. The Hall–Kier alpha value is -2.90. The fraction of sp³-hybridized carbons (Fsp3) is 0.154. The maximum atomic E-state index is 13.7. The molecule has 2 heterocycles. The summed E-state index contributed by atoms with van der Waals surface area (Å²) in [5.74, 6) is -0.361. The van der Waals surface area contributed by atoms with E-state index in [1.165, 1.54) is 22.2 Å². The Morgan fingerprint density at radius 1 is 1.33 bits per heavy atom. The van der Waals surface area contributed by atoms with E-state index >= 15 is 0 Å². The van der Waals surface area contributed by atoms with Gasteiger partial charge >= 0.3 is 5.69 Å². The summed E-state index contributed by atoms with van der Waals surface area (Å²) < 4.78 is 16.3. The zero-order valence-corrected chi connectivity index (χ0v) is 11.1. The first-order valence-electron chi connectivity index (χ1n) is 6.17. The van der Waals surface area contributed by atoms with Gasteiger partial charge in [0.2, 0.25) is 5.95 Å². The van der Waals surface area contributed by atoms with Gasteiger partial charge in [0.15, 0.2) is 11.2 Å². The SMILES string of the molecule is Cn1c(=O)[nH]c(=O)c2c1nc(N)n2Cc1ccccc1F. The Kier molecular flexibility index (Phi) is 2.86. The lowest BCUT2D eigenvalue weighted by molar-refractivity contribution is 0.602. The van der Waals surface area contributed by atoms with Crippen LogP contribution in [0.15, 0.2) is 33.9 Å². The number of hydrogen-bond donors (Lipinski definition) is 2. The van der Waals surface area contributed by atoms with E-state index in [1.54, 1.807) is 18.2 Å². The number of aromatic amines is 1. The highest BCUT2D eigenvalue weighted by Gasteiger charge is 2.16. The molecule has 108 valence electrons. The van der Waals surface area contributed by atoms with Crippen LogP contribution in [-0.2, 0) is 13.6 Å². The number of fused-ring (bicyclic) bond motifs is 1. The van der Waals surface area contributed by atoms with Crippen molar-refractivity contribution in [2.75, 3.05) is 5.73 Å². The van der Waals surface area contributed by atoms with Crippen LogP contribution in [0.4, 0.5) is 10.3 Å². The first kappa shape index (κ1) is 13.1. The number of rotatable bonds is 2. The lowest BCUT2D eigenvalue weighted by Gasteiger charge is -2.07. The monoisotopic (exact) mass is 289 g/mol. The number of nitrogens with two attached hydrogens (primary N) is 1. The van der Waals surface area contributed by atoms with Crippen molar-refractivity contribution in [3.8, 4) is 0 Å². The quantitative estimate of drug-likeness (QED) is 0.703. The zero-order valence-electron chi connectivity index (χ0n) is 11.1. The fourth-order valence-corrected chi connectivity index (χ4v) is 2.21. The molecule has 1 aromatic carbocycles. The van der Waals surface area contributed by atoms with E-state index in [0.29, 0.717) is 5.56 Å². The Morgan fingerprint density at radius 2 is 2.05 bits per heavy atom. The Balaban J connectivity index is 2.27. The summed E-state index contributed by atoms with van der Waals surface area (Å²) in [5, 5.41) is 0. The van der Waals surface area contributed by atoms with Gasteiger partial charge < -0.3 is 5.73 Å². The number of hydrogen-bond acceptors (Lipinski definition) is 4. The average Bonchev–Trinajstić information content (AvgIpc) is 2.77. The molecule has 21 heavy (non-hydrogen) atoms. The molecule has 0 unspecified atom stereocenters. The molecule has 0 aliphatic heterocycles. The van der Waals surface area contributed by atoms with Gasteiger partial charge in [0.1, 0.15) is 5.82 Å². The Labute approximate surface area is 117 Å². The van der Waals surface area contributed by atoms with E-state index in [-0.39, 0.29) is 23.7 Å². The Morgan fingerprint density at radius 3 is 2.76 bits per heavy atom. The summed E-state index contributed by atoms with van der Waals surface area (Å²) in [6, 6.07) is 6.18. The van der Waals surface area contributed by atoms with E-state index in [0.717, 1.165) is 0 Å². The van der Waals surface area contributed by atoms with Gasteiger partial charge in [0.05, 0.1) is 6.54 Å². The van der Waals surface area contributed by atoms with Crippen LogP contribution in [-0.4, -0.2) is 19.1 Å². The molecule has 0 aliphatic carbocycles. The molecule has 0 saturated heterocycles. The molecular weight excluding hydrogens is 277 g/mol. The van der Waals surface area contributed by atoms with Crippen LogP contribution >= 0.6 is 0 Å². The van der Waals surface area contributed by atoms with Crippen molar-refractivity contribution < 1.29 is 4.39 Å². The summed E-state index contributed by atoms with van der Waals surface area (Å²) >= 11 is 0. The highest BCUT2D eigenvalue weighted by Crippen LogP contribution is 2.16. The van der Waals surface area contributed by atoms with Gasteiger partial charge in [-0.2, -0.15) is 4.98 Å². The predicted octanol–water partition coefficient (Wildman–Crippen LogP) is 0.193. The topological polar surface area (TPSA) is 98.7 Å². The van der Waals surface area contributed by atoms with Crippen molar-refractivity contribution in [1.29, 1.82) is 0 Å². The number of H-pyrrole nitrogens is 1. The van der Waals surface area contributed by atoms with Gasteiger partial charge in [-0.25, -0.2) is 9.18 Å². The van der Waals surface area contributed by atoms with Crippen molar-refractivity contribution in [1.82, 2.24) is 19.1 Å². The summed E-state index contributed by atoms with van der Waals surface area (Å²) in [5.41, 5.74) is 5.29. The van der Waals surface area contributed by atoms with E-state index in [2.05, 4.69) is 9.97 Å². The number of imidazole rings is 1. The molecule has 2 aromatic heterocycles. The number of nitrogens with zero attached hydrogens (tertiary/aromatic N) is 3. The second-order valence-electron chi connectivity index (χ2n) is 4.64. The van der Waals surface area contributed by atoms with Crippen LogP contribution in [0.2, 0.25) is 0 Å². The molecular formula is C13H12FN5O2. The summed E-state index contributed by atoms with van der Waals surface area (Å²) in [4.78, 5) is 29.7. The third-order valence-electron chi connectivity index (χ3n) is 3.32.